The van der Waals surface area contributed by atoms with Crippen molar-refractivity contribution in [1.29, 1.82) is 0 Å². The Labute approximate surface area is 101 Å². The molecule has 0 bridgehead atoms. The van der Waals surface area contributed by atoms with Crippen molar-refractivity contribution in [2.75, 3.05) is 6.61 Å². The maximum Gasteiger partial charge on any atom is 0.311 e. The van der Waals surface area contributed by atoms with Crippen molar-refractivity contribution < 1.29 is 39.9 Å². The lowest BCUT2D eigenvalue weighted by molar-refractivity contribution is -0.177. The van der Waals surface area contributed by atoms with Crippen LogP contribution in [0.1, 0.15) is 0 Å². The number of carbonyl (C=O) groups is 3. The highest BCUT2D eigenvalue weighted by Gasteiger charge is 2.44. The molecule has 2 amide bonds. The lowest BCUT2D eigenvalue weighted by Crippen LogP contribution is -2.65. The molecule has 0 unspecified atom stereocenters. The second kappa shape index (κ2) is 6.37. The van der Waals surface area contributed by atoms with Crippen LogP contribution in [0, 0.1) is 0 Å². The first-order valence-corrected chi connectivity index (χ1v) is 4.65. The fourth-order valence-electron chi connectivity index (χ4n) is 0.995. The van der Waals surface area contributed by atoms with Crippen molar-refractivity contribution in [3.63, 3.8) is 0 Å². The minimum absolute atomic E-state index is 0.369. The van der Waals surface area contributed by atoms with Gasteiger partial charge in [-0.15, -0.1) is 0 Å². The predicted octanol–water partition coefficient (Wildman–Crippen LogP) is -5.45. The van der Waals surface area contributed by atoms with Gasteiger partial charge in [0.05, 0.1) is 6.61 Å². The van der Waals surface area contributed by atoms with E-state index in [1.165, 1.54) is 5.32 Å². The molecule has 10 nitrogen and oxygen atoms in total. The Morgan fingerprint density at radius 3 is 2.17 bits per heavy atom. The van der Waals surface area contributed by atoms with Crippen LogP contribution in [0.5, 0.6) is 0 Å². The minimum Gasteiger partial charge on any atom is -0.394 e. The van der Waals surface area contributed by atoms with Gasteiger partial charge in [0.15, 0.2) is 6.29 Å². The number of primary amides is 1. The molecule has 0 saturated carbocycles. The Balaban J connectivity index is 4.98. The molecule has 0 aromatic heterocycles. The second-order valence-corrected chi connectivity index (χ2v) is 3.45. The van der Waals surface area contributed by atoms with Crippen LogP contribution in [0.4, 0.5) is 0 Å². The van der Waals surface area contributed by atoms with E-state index in [0.29, 0.717) is 0 Å². The molecular weight excluding hydrogens is 252 g/mol. The van der Waals surface area contributed by atoms with Crippen molar-refractivity contribution >= 4 is 18.1 Å². The van der Waals surface area contributed by atoms with E-state index in [4.69, 9.17) is 10.2 Å². The van der Waals surface area contributed by atoms with Gasteiger partial charge in [0.2, 0.25) is 5.72 Å². The lowest BCUT2D eigenvalue weighted by atomic mass is 9.98. The first-order chi connectivity index (χ1) is 8.19. The largest absolute Gasteiger partial charge is 0.394 e. The van der Waals surface area contributed by atoms with Gasteiger partial charge < -0.3 is 36.6 Å². The first kappa shape index (κ1) is 16.4. The second-order valence-electron chi connectivity index (χ2n) is 3.45. The zero-order chi connectivity index (χ0) is 14.5. The summed E-state index contributed by atoms with van der Waals surface area (Å²) < 4.78 is 0. The van der Waals surface area contributed by atoms with Crippen LogP contribution >= 0.6 is 0 Å². The molecule has 4 atom stereocenters. The SMILES string of the molecule is NC(=O)C(=O)N[C@@](O)(C=O)[C@@H](O)[C@H](O)[C@H](O)CO. The number of hydrogen-bond donors (Lipinski definition) is 7. The van der Waals surface area contributed by atoms with E-state index >= 15 is 0 Å². The zero-order valence-electron chi connectivity index (χ0n) is 9.05. The Bertz CT molecular complexity index is 335. The molecule has 0 aliphatic heterocycles. The number of aliphatic hydroxyl groups is 5. The standard InChI is InChI=1S/C8H14N2O8/c9-6(16)7(17)10-8(18,2-12)5(15)4(14)3(13)1-11/h2-5,11,13-15,18H,1H2,(H2,9,16)(H,10,17)/t3-,4-,5+,8-/m1/s1. The number of aliphatic hydroxyl groups excluding tert-OH is 4. The summed E-state index contributed by atoms with van der Waals surface area (Å²) >= 11 is 0. The normalized spacial score (nSPS) is 19.2. The Morgan fingerprint density at radius 1 is 1.33 bits per heavy atom. The fraction of sp³-hybridized carbons (Fsp3) is 0.625. The summed E-state index contributed by atoms with van der Waals surface area (Å²) in [4.78, 5) is 31.9. The molecule has 0 rings (SSSR count). The van der Waals surface area contributed by atoms with Gasteiger partial charge in [-0.3, -0.25) is 14.4 Å². The van der Waals surface area contributed by atoms with Crippen LogP contribution < -0.4 is 11.1 Å². The van der Waals surface area contributed by atoms with Crippen molar-refractivity contribution in [2.45, 2.75) is 24.0 Å². The molecule has 0 fully saturated rings. The van der Waals surface area contributed by atoms with Gasteiger partial charge in [0.25, 0.3) is 0 Å². The van der Waals surface area contributed by atoms with E-state index in [1.54, 1.807) is 0 Å². The van der Waals surface area contributed by atoms with Crippen molar-refractivity contribution in [3.05, 3.63) is 0 Å². The first-order valence-electron chi connectivity index (χ1n) is 4.65. The van der Waals surface area contributed by atoms with Crippen molar-refractivity contribution in [2.24, 2.45) is 5.73 Å². The average molecular weight is 266 g/mol. The minimum atomic E-state index is -3.04. The number of amides is 2. The Hall–Kier alpha value is -1.59. The highest BCUT2D eigenvalue weighted by atomic mass is 16.4. The lowest BCUT2D eigenvalue weighted by Gasteiger charge is -2.32. The zero-order valence-corrected chi connectivity index (χ0v) is 9.05. The monoisotopic (exact) mass is 266 g/mol. The third kappa shape index (κ3) is 3.72. The van der Waals surface area contributed by atoms with Crippen LogP contribution in [0.15, 0.2) is 0 Å². The third-order valence-electron chi connectivity index (χ3n) is 2.07. The number of hydrogen-bond acceptors (Lipinski definition) is 8. The molecule has 0 radical (unpaired) electrons. The third-order valence-corrected chi connectivity index (χ3v) is 2.07. The molecule has 10 heteroatoms. The highest BCUT2D eigenvalue weighted by Crippen LogP contribution is 2.11. The van der Waals surface area contributed by atoms with Gasteiger partial charge in [0.1, 0.15) is 18.3 Å². The fourth-order valence-corrected chi connectivity index (χ4v) is 0.995. The van der Waals surface area contributed by atoms with E-state index in [1.807, 2.05) is 0 Å². The number of aldehydes is 1. The van der Waals surface area contributed by atoms with Gasteiger partial charge in [-0.25, -0.2) is 0 Å². The predicted molar refractivity (Wildman–Crippen MR) is 53.5 cm³/mol. The van der Waals surface area contributed by atoms with Gasteiger partial charge in [-0.2, -0.15) is 0 Å². The van der Waals surface area contributed by atoms with Gasteiger partial charge in [-0.05, 0) is 0 Å². The molecule has 0 aliphatic rings. The number of carbonyl (C=O) groups excluding carboxylic acids is 3. The maximum absolute atomic E-state index is 10.9. The van der Waals surface area contributed by atoms with E-state index in [0.717, 1.165) is 0 Å². The summed E-state index contributed by atoms with van der Waals surface area (Å²) in [6.45, 7) is -0.975. The molecular formula is C8H14N2O8. The molecule has 0 heterocycles. The van der Waals surface area contributed by atoms with Crippen LogP contribution in [0.25, 0.3) is 0 Å². The molecule has 0 spiro atoms. The summed E-state index contributed by atoms with van der Waals surface area (Å²) in [7, 11) is 0. The molecule has 0 saturated heterocycles. The number of nitrogens with one attached hydrogen (secondary N) is 1. The van der Waals surface area contributed by atoms with E-state index in [-0.39, 0.29) is 6.29 Å². The topological polar surface area (TPSA) is 190 Å². The smallest absolute Gasteiger partial charge is 0.311 e. The average Bonchev–Trinajstić information content (AvgIpc) is 2.35. The number of nitrogens with two attached hydrogens (primary N) is 1. The van der Waals surface area contributed by atoms with Crippen LogP contribution in [0.3, 0.4) is 0 Å². The van der Waals surface area contributed by atoms with E-state index in [2.05, 4.69) is 5.73 Å². The van der Waals surface area contributed by atoms with Crippen LogP contribution in [-0.2, 0) is 14.4 Å². The van der Waals surface area contributed by atoms with Gasteiger partial charge >= 0.3 is 11.8 Å². The van der Waals surface area contributed by atoms with Gasteiger partial charge in [0, 0.05) is 0 Å². The van der Waals surface area contributed by atoms with Crippen LogP contribution in [0.2, 0.25) is 0 Å². The van der Waals surface area contributed by atoms with Gasteiger partial charge in [-0.1, -0.05) is 0 Å². The number of rotatable bonds is 6. The van der Waals surface area contributed by atoms with Crippen molar-refractivity contribution in [1.82, 2.24) is 5.32 Å². The molecule has 0 aromatic rings. The quantitative estimate of drug-likeness (QED) is 0.141. The summed E-state index contributed by atoms with van der Waals surface area (Å²) in [5.41, 5.74) is 1.51. The van der Waals surface area contributed by atoms with Crippen molar-refractivity contribution in [3.8, 4) is 0 Å². The highest BCUT2D eigenvalue weighted by molar-refractivity contribution is 6.34. The van der Waals surface area contributed by atoms with Crippen LogP contribution in [-0.4, -0.2) is 74.3 Å². The molecule has 0 aromatic carbocycles. The van der Waals surface area contributed by atoms with E-state index < -0.39 is 42.5 Å². The molecule has 104 valence electrons. The molecule has 8 N–H and O–H groups in total. The summed E-state index contributed by atoms with van der Waals surface area (Å²) in [6.07, 6.45) is -6.79. The summed E-state index contributed by atoms with van der Waals surface area (Å²) in [6, 6.07) is 0. The molecule has 0 aliphatic carbocycles. The molecule has 18 heavy (non-hydrogen) atoms. The summed E-state index contributed by atoms with van der Waals surface area (Å²) in [5.74, 6) is -3.13. The Morgan fingerprint density at radius 2 is 1.83 bits per heavy atom. The summed E-state index contributed by atoms with van der Waals surface area (Å²) in [5, 5.41) is 47.1. The van der Waals surface area contributed by atoms with E-state index in [9.17, 15) is 29.7 Å². The Kier molecular flexibility index (Phi) is 5.81. The maximum atomic E-state index is 10.9.